The zero-order chi connectivity index (χ0) is 26.5. The van der Waals surface area contributed by atoms with E-state index in [-0.39, 0.29) is 0 Å². The van der Waals surface area contributed by atoms with Gasteiger partial charge in [-0.1, -0.05) is 56.3 Å². The Kier molecular flexibility index (Phi) is 7.77. The normalized spacial score (nSPS) is 15.7. The number of benzene rings is 2. The second-order valence-corrected chi connectivity index (χ2v) is 9.30. The number of hydrogen-bond donors (Lipinski definition) is 2. The van der Waals surface area contributed by atoms with Gasteiger partial charge in [-0.25, -0.2) is 15.0 Å². The highest BCUT2D eigenvalue weighted by Gasteiger charge is 2.20. The molecule has 0 radical (unpaired) electrons. The lowest BCUT2D eigenvalue weighted by Crippen LogP contribution is -2.49. The molecule has 4 heterocycles. The fourth-order valence-electron chi connectivity index (χ4n) is 4.86. The second-order valence-electron chi connectivity index (χ2n) is 9.30. The fourth-order valence-corrected chi connectivity index (χ4v) is 4.86. The Morgan fingerprint density at radius 3 is 2.45 bits per heavy atom. The number of nitrogens with two attached hydrogens (primary N) is 1. The number of pyridine rings is 2. The SMILES string of the molecule is CC.C[C@H]1CNCCN1Cc1ccc(-n2c(-c3cccnc3N)nc3ccc(-c4ccccc4)nc32)cc1. The molecular formula is C31H35N7. The van der Waals surface area contributed by atoms with Crippen LogP contribution in [0.4, 0.5) is 5.82 Å². The lowest BCUT2D eigenvalue weighted by Gasteiger charge is -2.33. The molecule has 2 aromatic carbocycles. The average Bonchev–Trinajstić information content (AvgIpc) is 3.35. The van der Waals surface area contributed by atoms with Crippen molar-refractivity contribution in [3.63, 3.8) is 0 Å². The van der Waals surface area contributed by atoms with Crippen LogP contribution in [0.2, 0.25) is 0 Å². The third-order valence-corrected chi connectivity index (χ3v) is 6.87. The van der Waals surface area contributed by atoms with Crippen molar-refractivity contribution < 1.29 is 0 Å². The molecule has 1 saturated heterocycles. The van der Waals surface area contributed by atoms with Crippen LogP contribution >= 0.6 is 0 Å². The Hall–Kier alpha value is -4.07. The minimum atomic E-state index is 0.446. The van der Waals surface area contributed by atoms with Gasteiger partial charge in [0.05, 0.1) is 11.3 Å². The maximum atomic E-state index is 6.29. The summed E-state index contributed by atoms with van der Waals surface area (Å²) in [6, 6.07) is 27.3. The van der Waals surface area contributed by atoms with E-state index >= 15 is 0 Å². The van der Waals surface area contributed by atoms with Gasteiger partial charge in [-0.05, 0) is 48.9 Å². The summed E-state index contributed by atoms with van der Waals surface area (Å²) in [5, 5.41) is 3.46. The highest BCUT2D eigenvalue weighted by Crippen LogP contribution is 2.31. The molecule has 0 saturated carbocycles. The van der Waals surface area contributed by atoms with Gasteiger partial charge < -0.3 is 11.1 Å². The lowest BCUT2D eigenvalue weighted by molar-refractivity contribution is 0.165. The maximum absolute atomic E-state index is 6.29. The quantitative estimate of drug-likeness (QED) is 0.326. The Morgan fingerprint density at radius 2 is 1.71 bits per heavy atom. The zero-order valence-corrected chi connectivity index (χ0v) is 22.3. The summed E-state index contributed by atoms with van der Waals surface area (Å²) >= 11 is 0. The van der Waals surface area contributed by atoms with E-state index in [0.717, 1.165) is 65.7 Å². The minimum absolute atomic E-state index is 0.446. The van der Waals surface area contributed by atoms with E-state index in [1.807, 2.05) is 56.3 Å². The highest BCUT2D eigenvalue weighted by molar-refractivity contribution is 5.84. The molecule has 7 heteroatoms. The van der Waals surface area contributed by atoms with Crippen molar-refractivity contribution in [2.45, 2.75) is 33.4 Å². The van der Waals surface area contributed by atoms with Crippen LogP contribution in [0, 0.1) is 0 Å². The maximum Gasteiger partial charge on any atom is 0.165 e. The number of imidazole rings is 1. The molecule has 0 amide bonds. The van der Waals surface area contributed by atoms with E-state index in [9.17, 15) is 0 Å². The Balaban J connectivity index is 0.00000144. The van der Waals surface area contributed by atoms with Crippen molar-refractivity contribution in [2.75, 3.05) is 25.4 Å². The number of nitrogen functional groups attached to an aromatic ring is 1. The van der Waals surface area contributed by atoms with E-state index in [1.165, 1.54) is 5.56 Å². The number of nitrogens with zero attached hydrogens (tertiary/aromatic N) is 5. The van der Waals surface area contributed by atoms with E-state index in [2.05, 4.69) is 63.1 Å². The molecule has 1 aliphatic heterocycles. The van der Waals surface area contributed by atoms with E-state index in [1.54, 1.807) is 6.20 Å². The number of aromatic nitrogens is 4. The summed E-state index contributed by atoms with van der Waals surface area (Å²) < 4.78 is 2.09. The number of anilines is 1. The Bertz CT molecular complexity index is 1490. The Labute approximate surface area is 224 Å². The number of nitrogens with one attached hydrogen (secondary N) is 1. The van der Waals surface area contributed by atoms with E-state index < -0.39 is 0 Å². The van der Waals surface area contributed by atoms with Gasteiger partial charge in [0.25, 0.3) is 0 Å². The number of hydrogen-bond acceptors (Lipinski definition) is 6. The number of piperazine rings is 1. The number of fused-ring (bicyclic) bond motifs is 1. The van der Waals surface area contributed by atoms with E-state index in [0.29, 0.717) is 11.9 Å². The first-order valence-electron chi connectivity index (χ1n) is 13.4. The molecule has 3 aromatic heterocycles. The van der Waals surface area contributed by atoms with Crippen LogP contribution in [0.15, 0.2) is 85.1 Å². The molecule has 3 N–H and O–H groups in total. The molecule has 1 fully saturated rings. The van der Waals surface area contributed by atoms with Gasteiger partial charge in [0.1, 0.15) is 11.3 Å². The summed E-state index contributed by atoms with van der Waals surface area (Å²) in [5.74, 6) is 1.18. The first kappa shape index (κ1) is 25.6. The molecule has 1 aliphatic rings. The van der Waals surface area contributed by atoms with Crippen LogP contribution in [0.3, 0.4) is 0 Å². The molecule has 7 nitrogen and oxygen atoms in total. The van der Waals surface area contributed by atoms with Gasteiger partial charge in [0.2, 0.25) is 0 Å². The molecule has 0 unspecified atom stereocenters. The van der Waals surface area contributed by atoms with Crippen molar-refractivity contribution >= 4 is 17.0 Å². The van der Waals surface area contributed by atoms with Crippen molar-refractivity contribution in [1.82, 2.24) is 29.7 Å². The minimum Gasteiger partial charge on any atom is -0.383 e. The zero-order valence-electron chi connectivity index (χ0n) is 22.3. The Morgan fingerprint density at radius 1 is 0.921 bits per heavy atom. The first-order chi connectivity index (χ1) is 18.7. The summed E-state index contributed by atoms with van der Waals surface area (Å²) in [4.78, 5) is 16.8. The van der Waals surface area contributed by atoms with Crippen LogP contribution in [-0.2, 0) is 6.54 Å². The molecule has 6 rings (SSSR count). The molecule has 194 valence electrons. The van der Waals surface area contributed by atoms with Crippen molar-refractivity contribution in [3.05, 3.63) is 90.6 Å². The molecule has 1 atom stereocenters. The van der Waals surface area contributed by atoms with Crippen molar-refractivity contribution in [1.29, 1.82) is 0 Å². The molecule has 0 spiro atoms. The molecular weight excluding hydrogens is 470 g/mol. The van der Waals surface area contributed by atoms with Crippen LogP contribution in [0.5, 0.6) is 0 Å². The molecule has 0 aliphatic carbocycles. The summed E-state index contributed by atoms with van der Waals surface area (Å²) in [6.07, 6.45) is 1.70. The molecule has 38 heavy (non-hydrogen) atoms. The molecule has 5 aromatic rings. The lowest BCUT2D eigenvalue weighted by atomic mass is 10.1. The summed E-state index contributed by atoms with van der Waals surface area (Å²) in [7, 11) is 0. The van der Waals surface area contributed by atoms with Crippen molar-refractivity contribution in [3.8, 4) is 28.3 Å². The van der Waals surface area contributed by atoms with E-state index in [4.69, 9.17) is 15.7 Å². The predicted molar refractivity (Wildman–Crippen MR) is 156 cm³/mol. The van der Waals surface area contributed by atoms with Crippen LogP contribution in [-0.4, -0.2) is 50.1 Å². The topological polar surface area (TPSA) is 84.9 Å². The second kappa shape index (κ2) is 11.5. The highest BCUT2D eigenvalue weighted by atomic mass is 15.2. The third kappa shape index (κ3) is 5.16. The van der Waals surface area contributed by atoms with Gasteiger partial charge in [-0.3, -0.25) is 9.47 Å². The summed E-state index contributed by atoms with van der Waals surface area (Å²) in [5.41, 5.74) is 12.9. The van der Waals surface area contributed by atoms with Crippen molar-refractivity contribution in [2.24, 2.45) is 0 Å². The van der Waals surface area contributed by atoms with Gasteiger partial charge >= 0.3 is 0 Å². The average molecular weight is 506 g/mol. The fraction of sp³-hybridized carbons (Fsp3) is 0.258. The monoisotopic (exact) mass is 505 g/mol. The number of rotatable bonds is 5. The molecule has 0 bridgehead atoms. The van der Waals surface area contributed by atoms with Gasteiger partial charge in [0.15, 0.2) is 11.5 Å². The van der Waals surface area contributed by atoms with Gasteiger partial charge in [0, 0.05) is 49.7 Å². The standard InChI is InChI=1S/C29H29N7.C2H6/c1-20-18-31-16-17-35(20)19-21-9-11-23(12-10-21)36-28(24-8-5-15-32-27(24)30)34-26-14-13-25(33-29(26)36)22-6-3-2-4-7-22;1-2/h2-15,20,31H,16-19H2,1H3,(H2,30,32);1-2H3/t20-;/m0./s1. The third-order valence-electron chi connectivity index (χ3n) is 6.87. The first-order valence-corrected chi connectivity index (χ1v) is 13.4. The van der Waals surface area contributed by atoms with Gasteiger partial charge in [-0.15, -0.1) is 0 Å². The summed E-state index contributed by atoms with van der Waals surface area (Å²) in [6.45, 7) is 10.3. The largest absolute Gasteiger partial charge is 0.383 e. The van der Waals surface area contributed by atoms with Crippen LogP contribution in [0.1, 0.15) is 26.3 Å². The van der Waals surface area contributed by atoms with Gasteiger partial charge in [-0.2, -0.15) is 0 Å². The predicted octanol–water partition coefficient (Wildman–Crippen LogP) is 5.55. The van der Waals surface area contributed by atoms with Crippen LogP contribution < -0.4 is 11.1 Å². The van der Waals surface area contributed by atoms with Crippen LogP contribution in [0.25, 0.3) is 39.5 Å². The smallest absolute Gasteiger partial charge is 0.165 e.